The van der Waals surface area contributed by atoms with Gasteiger partial charge in [-0.15, -0.1) is 0 Å². The maximum absolute atomic E-state index is 8.95. The molecule has 2 atom stereocenters. The summed E-state index contributed by atoms with van der Waals surface area (Å²) in [6.07, 6.45) is -0.231. The summed E-state index contributed by atoms with van der Waals surface area (Å²) in [7, 11) is 3.91. The van der Waals surface area contributed by atoms with Gasteiger partial charge in [0.25, 0.3) is 0 Å². The van der Waals surface area contributed by atoms with Gasteiger partial charge in [0, 0.05) is 6.04 Å². The van der Waals surface area contributed by atoms with Crippen LogP contribution in [0.4, 0.5) is 0 Å². The molecule has 50 valence electrons. The van der Waals surface area contributed by atoms with Crippen molar-refractivity contribution in [3.8, 4) is 0 Å². The van der Waals surface area contributed by atoms with E-state index in [0.717, 1.165) is 0 Å². The Morgan fingerprint density at radius 1 is 1.25 bits per heavy atom. The summed E-state index contributed by atoms with van der Waals surface area (Å²) in [5, 5.41) is 8.95. The van der Waals surface area contributed by atoms with Crippen molar-refractivity contribution in [3.63, 3.8) is 0 Å². The standard InChI is InChI=1S/C6H15NO/c1-5(6(2)8)7(3)4/h5-6,8H,1-4H3/t5-,6?/m1/s1. The Hall–Kier alpha value is -0.0800. The van der Waals surface area contributed by atoms with Crippen LogP contribution in [0.1, 0.15) is 13.8 Å². The lowest BCUT2D eigenvalue weighted by molar-refractivity contribution is 0.101. The number of hydrogen-bond donors (Lipinski definition) is 1. The summed E-state index contributed by atoms with van der Waals surface area (Å²) < 4.78 is 0. The molecule has 1 unspecified atom stereocenters. The van der Waals surface area contributed by atoms with Gasteiger partial charge in [0.05, 0.1) is 6.10 Å². The molecule has 0 saturated carbocycles. The molecule has 0 bridgehead atoms. The highest BCUT2D eigenvalue weighted by molar-refractivity contribution is 4.64. The first-order valence-electron chi connectivity index (χ1n) is 2.90. The molecule has 2 nitrogen and oxygen atoms in total. The van der Waals surface area contributed by atoms with Crippen molar-refractivity contribution in [2.45, 2.75) is 26.0 Å². The van der Waals surface area contributed by atoms with Gasteiger partial charge in [-0.2, -0.15) is 0 Å². The molecule has 0 aliphatic carbocycles. The SMILES string of the molecule is CC(O)[C@@H](C)N(C)C. The number of nitrogens with zero attached hydrogens (tertiary/aromatic N) is 1. The van der Waals surface area contributed by atoms with Crippen LogP contribution in [0.5, 0.6) is 0 Å². The van der Waals surface area contributed by atoms with Gasteiger partial charge < -0.3 is 10.0 Å². The molecule has 0 heterocycles. The molecule has 0 aliphatic rings. The molecule has 0 rings (SSSR count). The summed E-state index contributed by atoms with van der Waals surface area (Å²) in [5.41, 5.74) is 0. The van der Waals surface area contributed by atoms with E-state index in [9.17, 15) is 0 Å². The van der Waals surface area contributed by atoms with Crippen LogP contribution in [0, 0.1) is 0 Å². The molecule has 0 saturated heterocycles. The minimum Gasteiger partial charge on any atom is -0.392 e. The maximum Gasteiger partial charge on any atom is 0.0664 e. The van der Waals surface area contributed by atoms with E-state index in [1.165, 1.54) is 0 Å². The lowest BCUT2D eigenvalue weighted by Crippen LogP contribution is -2.34. The van der Waals surface area contributed by atoms with Gasteiger partial charge in [-0.3, -0.25) is 0 Å². The third-order valence-electron chi connectivity index (χ3n) is 1.51. The molecule has 8 heavy (non-hydrogen) atoms. The quantitative estimate of drug-likeness (QED) is 0.563. The van der Waals surface area contributed by atoms with Crippen molar-refractivity contribution in [1.29, 1.82) is 0 Å². The van der Waals surface area contributed by atoms with Gasteiger partial charge in [0.2, 0.25) is 0 Å². The molecular formula is C6H15NO. The van der Waals surface area contributed by atoms with Gasteiger partial charge in [0.15, 0.2) is 0 Å². The molecule has 0 spiro atoms. The normalized spacial score (nSPS) is 18.8. The summed E-state index contributed by atoms with van der Waals surface area (Å²) in [4.78, 5) is 1.99. The predicted octanol–water partition coefficient (Wildman–Crippen LogP) is 0.317. The molecule has 0 aromatic rings. The number of aliphatic hydroxyl groups is 1. The van der Waals surface area contributed by atoms with E-state index in [2.05, 4.69) is 0 Å². The minimum atomic E-state index is -0.231. The Morgan fingerprint density at radius 2 is 1.62 bits per heavy atom. The fourth-order valence-corrected chi connectivity index (χ4v) is 0.431. The second-order valence-corrected chi connectivity index (χ2v) is 2.44. The van der Waals surface area contributed by atoms with Gasteiger partial charge >= 0.3 is 0 Å². The van der Waals surface area contributed by atoms with E-state index < -0.39 is 0 Å². The van der Waals surface area contributed by atoms with Crippen LogP contribution < -0.4 is 0 Å². The van der Waals surface area contributed by atoms with Crippen molar-refractivity contribution in [1.82, 2.24) is 4.90 Å². The summed E-state index contributed by atoms with van der Waals surface area (Å²) in [6, 6.07) is 0.259. The number of rotatable bonds is 2. The zero-order chi connectivity index (χ0) is 6.73. The minimum absolute atomic E-state index is 0.231. The maximum atomic E-state index is 8.95. The molecule has 1 N–H and O–H groups in total. The van der Waals surface area contributed by atoms with Gasteiger partial charge in [-0.1, -0.05) is 0 Å². The summed E-state index contributed by atoms with van der Waals surface area (Å²) in [5.74, 6) is 0. The first-order chi connectivity index (χ1) is 3.55. The number of hydrogen-bond acceptors (Lipinski definition) is 2. The van der Waals surface area contributed by atoms with Gasteiger partial charge in [-0.05, 0) is 27.9 Å². The van der Waals surface area contributed by atoms with E-state index >= 15 is 0 Å². The highest BCUT2D eigenvalue weighted by Gasteiger charge is 2.08. The fraction of sp³-hybridized carbons (Fsp3) is 1.00. The summed E-state index contributed by atoms with van der Waals surface area (Å²) >= 11 is 0. The van der Waals surface area contributed by atoms with Crippen LogP contribution in [-0.4, -0.2) is 36.2 Å². The molecular weight excluding hydrogens is 102 g/mol. The van der Waals surface area contributed by atoms with E-state index in [1.54, 1.807) is 6.92 Å². The van der Waals surface area contributed by atoms with Crippen LogP contribution in [0.3, 0.4) is 0 Å². The molecule has 0 fully saturated rings. The second-order valence-electron chi connectivity index (χ2n) is 2.44. The van der Waals surface area contributed by atoms with Crippen LogP contribution in [0.15, 0.2) is 0 Å². The Kier molecular flexibility index (Phi) is 3.02. The molecule has 0 aromatic carbocycles. The molecule has 0 aromatic heterocycles. The summed E-state index contributed by atoms with van der Waals surface area (Å²) in [6.45, 7) is 3.79. The second kappa shape index (κ2) is 3.05. The van der Waals surface area contributed by atoms with E-state index in [1.807, 2.05) is 25.9 Å². The number of likely N-dealkylation sites (N-methyl/N-ethyl adjacent to an activating group) is 1. The lowest BCUT2D eigenvalue weighted by Gasteiger charge is -2.21. The molecule has 0 radical (unpaired) electrons. The van der Waals surface area contributed by atoms with Crippen LogP contribution in [0.2, 0.25) is 0 Å². The Morgan fingerprint density at radius 3 is 1.62 bits per heavy atom. The van der Waals surface area contributed by atoms with Gasteiger partial charge in [-0.25, -0.2) is 0 Å². The predicted molar refractivity (Wildman–Crippen MR) is 34.8 cm³/mol. The van der Waals surface area contributed by atoms with Crippen LogP contribution >= 0.6 is 0 Å². The zero-order valence-electron chi connectivity index (χ0n) is 6.05. The monoisotopic (exact) mass is 117 g/mol. The van der Waals surface area contributed by atoms with E-state index in [0.29, 0.717) is 0 Å². The van der Waals surface area contributed by atoms with E-state index in [4.69, 9.17) is 5.11 Å². The number of aliphatic hydroxyl groups excluding tert-OH is 1. The average molecular weight is 117 g/mol. The third-order valence-corrected chi connectivity index (χ3v) is 1.51. The lowest BCUT2D eigenvalue weighted by atomic mass is 10.2. The Balaban J connectivity index is 3.46. The van der Waals surface area contributed by atoms with Crippen LogP contribution in [-0.2, 0) is 0 Å². The highest BCUT2D eigenvalue weighted by atomic mass is 16.3. The molecule has 2 heteroatoms. The van der Waals surface area contributed by atoms with Crippen molar-refractivity contribution >= 4 is 0 Å². The highest BCUT2D eigenvalue weighted by Crippen LogP contribution is 1.96. The molecule has 0 amide bonds. The third kappa shape index (κ3) is 2.28. The van der Waals surface area contributed by atoms with Gasteiger partial charge in [0.1, 0.15) is 0 Å². The topological polar surface area (TPSA) is 23.5 Å². The van der Waals surface area contributed by atoms with Crippen molar-refractivity contribution in [3.05, 3.63) is 0 Å². The fourth-order valence-electron chi connectivity index (χ4n) is 0.431. The first-order valence-corrected chi connectivity index (χ1v) is 2.90. The largest absolute Gasteiger partial charge is 0.392 e. The molecule has 0 aliphatic heterocycles. The average Bonchev–Trinajstić information content (AvgIpc) is 1.64. The van der Waals surface area contributed by atoms with Crippen molar-refractivity contribution in [2.24, 2.45) is 0 Å². The van der Waals surface area contributed by atoms with E-state index in [-0.39, 0.29) is 12.1 Å². The smallest absolute Gasteiger partial charge is 0.0664 e. The van der Waals surface area contributed by atoms with Crippen LogP contribution in [0.25, 0.3) is 0 Å². The Bertz CT molecular complexity index is 53.5. The first kappa shape index (κ1) is 7.92. The zero-order valence-corrected chi connectivity index (χ0v) is 6.05. The van der Waals surface area contributed by atoms with Crippen molar-refractivity contribution in [2.75, 3.05) is 14.1 Å². The Labute approximate surface area is 51.1 Å². The van der Waals surface area contributed by atoms with Crippen molar-refractivity contribution < 1.29 is 5.11 Å².